The molecule has 1 aromatic heterocycles. The molecule has 0 fully saturated rings. The molecule has 0 saturated heterocycles. The normalized spacial score (nSPS) is 8.09. The van der Waals surface area contributed by atoms with Crippen molar-refractivity contribution >= 4 is 5.91 Å². The van der Waals surface area contributed by atoms with E-state index in [4.69, 9.17) is 5.21 Å². The zero-order valence-corrected chi connectivity index (χ0v) is 8.11. The van der Waals surface area contributed by atoms with E-state index in [1.807, 2.05) is 0 Å². The molecule has 0 bridgehead atoms. The molecule has 52 valence electrons. The molecule has 0 aromatic carbocycles. The van der Waals surface area contributed by atoms with Gasteiger partial charge in [-0.25, -0.2) is 5.48 Å². The minimum atomic E-state index is -0.526. The van der Waals surface area contributed by atoms with Crippen LogP contribution in [0.4, 0.5) is 0 Å². The third-order valence-electron chi connectivity index (χ3n) is 1.04. The Balaban J connectivity index is 0.000001000. The summed E-state index contributed by atoms with van der Waals surface area (Å²) < 4.78 is 0. The van der Waals surface area contributed by atoms with Crippen molar-refractivity contribution in [3.63, 3.8) is 0 Å². The van der Waals surface area contributed by atoms with E-state index in [1.54, 1.807) is 0 Å². The Bertz CT molecular complexity index is 227. The van der Waals surface area contributed by atoms with Gasteiger partial charge in [0.05, 0.1) is 0 Å². The first-order chi connectivity index (χ1) is 4.84. The van der Waals surface area contributed by atoms with Gasteiger partial charge in [-0.05, 0) is 12.1 Å². The van der Waals surface area contributed by atoms with Gasteiger partial charge in [0.1, 0.15) is 0 Å². The Morgan fingerprint density at radius 2 is 2.00 bits per heavy atom. The summed E-state index contributed by atoms with van der Waals surface area (Å²) in [5.74, 6) is -0.526. The second-order valence-corrected chi connectivity index (χ2v) is 1.68. The standard InChI is InChI=1S/C6H6N2O2.Na/c9-6(8-10)5-1-3-7-4-2-5;/h1-4,10H,(H,8,9);/q;+1. The van der Waals surface area contributed by atoms with E-state index in [0.717, 1.165) is 0 Å². The molecule has 0 aliphatic carbocycles. The van der Waals surface area contributed by atoms with E-state index in [1.165, 1.54) is 30.0 Å². The molecule has 1 aromatic rings. The van der Waals surface area contributed by atoms with Gasteiger partial charge in [-0.1, -0.05) is 0 Å². The van der Waals surface area contributed by atoms with Crippen molar-refractivity contribution in [3.8, 4) is 0 Å². The molecule has 0 saturated carbocycles. The molecule has 0 aliphatic heterocycles. The number of aromatic nitrogens is 1. The predicted molar refractivity (Wildman–Crippen MR) is 33.5 cm³/mol. The maximum absolute atomic E-state index is 10.6. The van der Waals surface area contributed by atoms with Gasteiger partial charge < -0.3 is 0 Å². The first kappa shape index (κ1) is 10.6. The third-order valence-corrected chi connectivity index (χ3v) is 1.04. The molecule has 0 spiro atoms. The first-order valence-electron chi connectivity index (χ1n) is 2.69. The van der Waals surface area contributed by atoms with Crippen molar-refractivity contribution in [1.82, 2.24) is 10.5 Å². The number of carbonyl (C=O) groups is 1. The summed E-state index contributed by atoms with van der Waals surface area (Å²) in [7, 11) is 0. The number of pyridine rings is 1. The number of nitrogens with zero attached hydrogens (tertiary/aromatic N) is 1. The molecule has 0 atom stereocenters. The molecule has 0 unspecified atom stereocenters. The molecular weight excluding hydrogens is 155 g/mol. The quantitative estimate of drug-likeness (QED) is 0.266. The predicted octanol–water partition coefficient (Wildman–Crippen LogP) is -2.80. The summed E-state index contributed by atoms with van der Waals surface area (Å²) in [5, 5.41) is 8.17. The van der Waals surface area contributed by atoms with Gasteiger partial charge in [0.25, 0.3) is 5.91 Å². The van der Waals surface area contributed by atoms with Gasteiger partial charge in [-0.3, -0.25) is 15.0 Å². The van der Waals surface area contributed by atoms with Gasteiger partial charge in [0.2, 0.25) is 0 Å². The molecule has 0 radical (unpaired) electrons. The number of amides is 1. The molecule has 2 N–H and O–H groups in total. The van der Waals surface area contributed by atoms with Crippen LogP contribution in [-0.2, 0) is 0 Å². The topological polar surface area (TPSA) is 62.2 Å². The summed E-state index contributed by atoms with van der Waals surface area (Å²) in [4.78, 5) is 14.3. The average Bonchev–Trinajstić information content (AvgIpc) is 2.05. The number of carbonyl (C=O) groups excluding carboxylic acids is 1. The molecule has 11 heavy (non-hydrogen) atoms. The fourth-order valence-electron chi connectivity index (χ4n) is 0.568. The zero-order chi connectivity index (χ0) is 7.40. The van der Waals surface area contributed by atoms with Crippen LogP contribution in [0.3, 0.4) is 0 Å². The van der Waals surface area contributed by atoms with Crippen molar-refractivity contribution < 1.29 is 39.6 Å². The van der Waals surface area contributed by atoms with E-state index >= 15 is 0 Å². The van der Waals surface area contributed by atoms with Crippen molar-refractivity contribution in [3.05, 3.63) is 30.1 Å². The zero-order valence-electron chi connectivity index (χ0n) is 6.11. The number of rotatable bonds is 1. The second kappa shape index (κ2) is 5.26. The van der Waals surface area contributed by atoms with Crippen LogP contribution >= 0.6 is 0 Å². The minimum Gasteiger partial charge on any atom is -0.288 e. The van der Waals surface area contributed by atoms with Gasteiger partial charge in [0.15, 0.2) is 0 Å². The largest absolute Gasteiger partial charge is 1.00 e. The molecule has 4 nitrogen and oxygen atoms in total. The molecular formula is C6H6N2NaO2+. The Morgan fingerprint density at radius 1 is 1.45 bits per heavy atom. The minimum absolute atomic E-state index is 0. The van der Waals surface area contributed by atoms with Crippen molar-refractivity contribution in [2.75, 3.05) is 0 Å². The van der Waals surface area contributed by atoms with Crippen molar-refractivity contribution in [2.24, 2.45) is 0 Å². The van der Waals surface area contributed by atoms with Crippen LogP contribution in [0.5, 0.6) is 0 Å². The SMILES string of the molecule is O=C(NO)c1ccncc1.[Na+]. The van der Waals surface area contributed by atoms with E-state index in [0.29, 0.717) is 5.56 Å². The Labute approximate surface area is 85.9 Å². The third kappa shape index (κ3) is 2.98. The molecule has 1 heterocycles. The van der Waals surface area contributed by atoms with E-state index in [9.17, 15) is 4.79 Å². The van der Waals surface area contributed by atoms with Crippen molar-refractivity contribution in [1.29, 1.82) is 0 Å². The van der Waals surface area contributed by atoms with Crippen LogP contribution < -0.4 is 35.0 Å². The smallest absolute Gasteiger partial charge is 0.288 e. The van der Waals surface area contributed by atoms with Crippen molar-refractivity contribution in [2.45, 2.75) is 0 Å². The fourth-order valence-corrected chi connectivity index (χ4v) is 0.568. The summed E-state index contributed by atoms with van der Waals surface area (Å²) in [6.45, 7) is 0. The van der Waals surface area contributed by atoms with Gasteiger partial charge in [-0.2, -0.15) is 0 Å². The van der Waals surface area contributed by atoms with Crippen LogP contribution in [0.15, 0.2) is 24.5 Å². The number of nitrogens with one attached hydrogen (secondary N) is 1. The van der Waals surface area contributed by atoms with Crippen LogP contribution in [0.1, 0.15) is 10.4 Å². The first-order valence-corrected chi connectivity index (χ1v) is 2.69. The number of hydrogen-bond acceptors (Lipinski definition) is 3. The monoisotopic (exact) mass is 161 g/mol. The Kier molecular flexibility index (Phi) is 5.06. The summed E-state index contributed by atoms with van der Waals surface area (Å²) in [6, 6.07) is 3.01. The van der Waals surface area contributed by atoms with E-state index < -0.39 is 5.91 Å². The Hall–Kier alpha value is -0.420. The molecule has 5 heteroatoms. The van der Waals surface area contributed by atoms with E-state index in [-0.39, 0.29) is 29.6 Å². The van der Waals surface area contributed by atoms with Crippen LogP contribution in [0.2, 0.25) is 0 Å². The maximum atomic E-state index is 10.6. The summed E-state index contributed by atoms with van der Waals surface area (Å²) >= 11 is 0. The Morgan fingerprint density at radius 3 is 2.45 bits per heavy atom. The molecule has 0 aliphatic rings. The number of hydroxylamine groups is 1. The van der Waals surface area contributed by atoms with Crippen LogP contribution in [-0.4, -0.2) is 16.1 Å². The molecule has 1 rings (SSSR count). The van der Waals surface area contributed by atoms with Gasteiger partial charge in [0, 0.05) is 18.0 Å². The number of hydrogen-bond donors (Lipinski definition) is 2. The van der Waals surface area contributed by atoms with E-state index in [2.05, 4.69) is 4.98 Å². The average molecular weight is 161 g/mol. The van der Waals surface area contributed by atoms with Crippen LogP contribution in [0.25, 0.3) is 0 Å². The van der Waals surface area contributed by atoms with Gasteiger partial charge >= 0.3 is 29.6 Å². The molecule has 1 amide bonds. The van der Waals surface area contributed by atoms with Gasteiger partial charge in [-0.15, -0.1) is 0 Å². The maximum Gasteiger partial charge on any atom is 1.00 e. The second-order valence-electron chi connectivity index (χ2n) is 1.68. The van der Waals surface area contributed by atoms with Crippen LogP contribution in [0, 0.1) is 0 Å². The summed E-state index contributed by atoms with van der Waals surface area (Å²) in [5.41, 5.74) is 1.90. The summed E-state index contributed by atoms with van der Waals surface area (Å²) in [6.07, 6.45) is 2.95. The fraction of sp³-hybridized carbons (Fsp3) is 0.